The van der Waals surface area contributed by atoms with Gasteiger partial charge in [0.2, 0.25) is 5.78 Å². The summed E-state index contributed by atoms with van der Waals surface area (Å²) in [5.74, 6) is -1.44. The molecule has 0 spiro atoms. The molecule has 132 valence electrons. The number of benzene rings is 1. The van der Waals surface area contributed by atoms with Gasteiger partial charge < -0.3 is 14.5 Å². The maximum atomic E-state index is 12.4. The zero-order valence-electron chi connectivity index (χ0n) is 14.8. The molecule has 1 N–H and O–H groups in total. The van der Waals surface area contributed by atoms with Crippen LogP contribution in [0.3, 0.4) is 0 Å². The van der Waals surface area contributed by atoms with Crippen LogP contribution in [0.15, 0.2) is 24.3 Å². The number of carbonyl (C=O) groups is 3. The molecule has 6 heteroatoms. The second-order valence-electron chi connectivity index (χ2n) is 5.66. The number of nitrogens with one attached hydrogen (secondary N) is 1. The topological polar surface area (TPSA) is 85.5 Å². The second-order valence-corrected chi connectivity index (χ2v) is 5.66. The smallest absolute Gasteiger partial charge is 0.340 e. The molecule has 0 fully saturated rings. The van der Waals surface area contributed by atoms with E-state index in [1.54, 1.807) is 45.9 Å². The van der Waals surface area contributed by atoms with Gasteiger partial charge in [0.15, 0.2) is 6.61 Å². The number of aryl methyl sites for hydroxylation is 2. The van der Waals surface area contributed by atoms with E-state index in [1.165, 1.54) is 0 Å². The number of aromatic amines is 1. The maximum Gasteiger partial charge on any atom is 0.340 e. The van der Waals surface area contributed by atoms with E-state index >= 15 is 0 Å². The monoisotopic (exact) mass is 343 g/mol. The van der Waals surface area contributed by atoms with Crippen molar-refractivity contribution in [2.45, 2.75) is 27.7 Å². The minimum absolute atomic E-state index is 0.248. The Kier molecular flexibility index (Phi) is 5.75. The van der Waals surface area contributed by atoms with Crippen LogP contribution in [-0.2, 0) is 9.47 Å². The number of H-pyrrole nitrogens is 1. The predicted octanol–water partition coefficient (Wildman–Crippen LogP) is 3.16. The molecule has 0 saturated heterocycles. The van der Waals surface area contributed by atoms with Gasteiger partial charge in [0, 0.05) is 5.69 Å². The lowest BCUT2D eigenvalue weighted by Gasteiger charge is -2.06. The molecule has 1 heterocycles. The number of carbonyl (C=O) groups excluding carboxylic acids is 3. The number of ketones is 1. The Bertz CT molecular complexity index is 819. The predicted molar refractivity (Wildman–Crippen MR) is 92.0 cm³/mol. The first-order chi connectivity index (χ1) is 11.9. The number of rotatable bonds is 6. The van der Waals surface area contributed by atoms with Crippen LogP contribution in [0.25, 0.3) is 0 Å². The number of hydrogen-bond donors (Lipinski definition) is 1. The minimum Gasteiger partial charge on any atom is -0.462 e. The van der Waals surface area contributed by atoms with Gasteiger partial charge in [-0.2, -0.15) is 0 Å². The first kappa shape index (κ1) is 18.4. The van der Waals surface area contributed by atoms with Gasteiger partial charge in [-0.25, -0.2) is 9.59 Å². The number of aromatic nitrogens is 1. The molecule has 0 radical (unpaired) electrons. The Labute approximate surface area is 146 Å². The number of esters is 2. The summed E-state index contributed by atoms with van der Waals surface area (Å²) < 4.78 is 10.1. The van der Waals surface area contributed by atoms with Crippen molar-refractivity contribution < 1.29 is 23.9 Å². The van der Waals surface area contributed by atoms with Gasteiger partial charge in [0.25, 0.3) is 0 Å². The summed E-state index contributed by atoms with van der Waals surface area (Å²) in [6.45, 7) is 6.70. The van der Waals surface area contributed by atoms with Gasteiger partial charge in [-0.15, -0.1) is 0 Å². The fourth-order valence-corrected chi connectivity index (χ4v) is 2.62. The van der Waals surface area contributed by atoms with Crippen LogP contribution in [0.4, 0.5) is 0 Å². The lowest BCUT2D eigenvalue weighted by Crippen LogP contribution is -2.16. The fourth-order valence-electron chi connectivity index (χ4n) is 2.62. The molecule has 1 aromatic carbocycles. The molecule has 0 saturated carbocycles. The Hall–Kier alpha value is -2.89. The Balaban J connectivity index is 2.12. The summed E-state index contributed by atoms with van der Waals surface area (Å²) >= 11 is 0. The van der Waals surface area contributed by atoms with Crippen molar-refractivity contribution in [3.8, 4) is 0 Å². The standard InChI is InChI=1S/C19H21NO5/c1-5-24-19(23)16-12(3)17(20-13(16)4)15(21)10-25-18(22)14-9-7-6-8-11(14)2/h6-9,20H,5,10H2,1-4H3. The van der Waals surface area contributed by atoms with Gasteiger partial charge in [-0.05, 0) is 44.9 Å². The SMILES string of the molecule is CCOC(=O)c1c(C)[nH]c(C(=O)COC(=O)c2ccccc2C)c1C. The minimum atomic E-state index is -0.557. The van der Waals surface area contributed by atoms with E-state index in [-0.39, 0.29) is 12.3 Å². The molecule has 0 unspecified atom stereocenters. The van der Waals surface area contributed by atoms with Gasteiger partial charge in [0.1, 0.15) is 0 Å². The van der Waals surface area contributed by atoms with Crippen molar-refractivity contribution in [3.05, 3.63) is 57.9 Å². The fraction of sp³-hybridized carbons (Fsp3) is 0.316. The van der Waals surface area contributed by atoms with E-state index in [0.717, 1.165) is 5.56 Å². The van der Waals surface area contributed by atoms with Crippen LogP contribution in [0, 0.1) is 20.8 Å². The van der Waals surface area contributed by atoms with Crippen LogP contribution < -0.4 is 0 Å². The quantitative estimate of drug-likeness (QED) is 0.643. The lowest BCUT2D eigenvalue weighted by atomic mass is 10.1. The number of hydrogen-bond acceptors (Lipinski definition) is 5. The summed E-state index contributed by atoms with van der Waals surface area (Å²) in [6.07, 6.45) is 0. The van der Waals surface area contributed by atoms with Crippen molar-refractivity contribution in [3.63, 3.8) is 0 Å². The first-order valence-corrected chi connectivity index (χ1v) is 7.99. The van der Waals surface area contributed by atoms with Crippen molar-refractivity contribution in [1.82, 2.24) is 4.98 Å². The van der Waals surface area contributed by atoms with Crippen molar-refractivity contribution in [2.75, 3.05) is 13.2 Å². The van der Waals surface area contributed by atoms with Gasteiger partial charge in [-0.3, -0.25) is 4.79 Å². The highest BCUT2D eigenvalue weighted by atomic mass is 16.5. The van der Waals surface area contributed by atoms with Crippen LogP contribution in [-0.4, -0.2) is 35.9 Å². The molecule has 6 nitrogen and oxygen atoms in total. The highest BCUT2D eigenvalue weighted by Gasteiger charge is 2.23. The molecular weight excluding hydrogens is 322 g/mol. The average molecular weight is 343 g/mol. The van der Waals surface area contributed by atoms with E-state index in [4.69, 9.17) is 9.47 Å². The number of Topliss-reactive ketones (excluding diaryl/α,β-unsaturated/α-hetero) is 1. The molecule has 0 aliphatic heterocycles. The van der Waals surface area contributed by atoms with E-state index in [2.05, 4.69) is 4.98 Å². The zero-order valence-corrected chi connectivity index (χ0v) is 14.8. The third-order valence-corrected chi connectivity index (χ3v) is 3.90. The van der Waals surface area contributed by atoms with Crippen molar-refractivity contribution >= 4 is 17.7 Å². The van der Waals surface area contributed by atoms with Crippen LogP contribution in [0.5, 0.6) is 0 Å². The van der Waals surface area contributed by atoms with E-state index < -0.39 is 24.3 Å². The zero-order chi connectivity index (χ0) is 18.6. The molecule has 1 aromatic heterocycles. The lowest BCUT2D eigenvalue weighted by molar-refractivity contribution is 0.0471. The molecule has 2 aromatic rings. The van der Waals surface area contributed by atoms with Gasteiger partial charge >= 0.3 is 11.9 Å². The third kappa shape index (κ3) is 3.96. The average Bonchev–Trinajstić information content (AvgIpc) is 2.87. The van der Waals surface area contributed by atoms with Crippen LogP contribution in [0.2, 0.25) is 0 Å². The summed E-state index contributed by atoms with van der Waals surface area (Å²) in [5.41, 5.74) is 2.82. The van der Waals surface area contributed by atoms with Crippen molar-refractivity contribution in [2.24, 2.45) is 0 Å². The molecule has 0 aliphatic carbocycles. The second kappa shape index (κ2) is 7.79. The summed E-state index contributed by atoms with van der Waals surface area (Å²) in [4.78, 5) is 39.3. The van der Waals surface area contributed by atoms with Crippen LogP contribution >= 0.6 is 0 Å². The molecule has 2 rings (SSSR count). The maximum absolute atomic E-state index is 12.4. The van der Waals surface area contributed by atoms with E-state index in [1.807, 2.05) is 6.07 Å². The molecule has 25 heavy (non-hydrogen) atoms. The largest absolute Gasteiger partial charge is 0.462 e. The van der Waals surface area contributed by atoms with E-state index in [0.29, 0.717) is 22.4 Å². The Morgan fingerprint density at radius 1 is 1.00 bits per heavy atom. The summed E-state index contributed by atoms with van der Waals surface area (Å²) in [5, 5.41) is 0. The first-order valence-electron chi connectivity index (χ1n) is 7.99. The third-order valence-electron chi connectivity index (χ3n) is 3.90. The Morgan fingerprint density at radius 3 is 2.32 bits per heavy atom. The normalized spacial score (nSPS) is 10.4. The molecular formula is C19H21NO5. The summed E-state index contributed by atoms with van der Waals surface area (Å²) in [6, 6.07) is 6.99. The number of ether oxygens (including phenoxy) is 2. The molecule has 0 bridgehead atoms. The summed E-state index contributed by atoms with van der Waals surface area (Å²) in [7, 11) is 0. The van der Waals surface area contributed by atoms with Crippen molar-refractivity contribution in [1.29, 1.82) is 0 Å². The highest BCUT2D eigenvalue weighted by molar-refractivity contribution is 6.03. The Morgan fingerprint density at radius 2 is 1.68 bits per heavy atom. The molecule has 0 amide bonds. The van der Waals surface area contributed by atoms with E-state index in [9.17, 15) is 14.4 Å². The molecule has 0 aliphatic rings. The van der Waals surface area contributed by atoms with Gasteiger partial charge in [0.05, 0.1) is 23.4 Å². The highest BCUT2D eigenvalue weighted by Crippen LogP contribution is 2.20. The van der Waals surface area contributed by atoms with Gasteiger partial charge in [-0.1, -0.05) is 18.2 Å². The molecule has 0 atom stereocenters. The van der Waals surface area contributed by atoms with Crippen LogP contribution in [0.1, 0.15) is 54.9 Å².